The van der Waals surface area contributed by atoms with Crippen LogP contribution in [0.4, 0.5) is 5.69 Å². The van der Waals surface area contributed by atoms with Crippen molar-refractivity contribution in [3.05, 3.63) is 64.7 Å². The lowest BCUT2D eigenvalue weighted by atomic mass is 10.1. The topological polar surface area (TPSA) is 121 Å². The largest absolute Gasteiger partial charge is 0.326 e. The molecule has 1 amide bonds. The predicted molar refractivity (Wildman–Crippen MR) is 120 cm³/mol. The summed E-state index contributed by atoms with van der Waals surface area (Å²) < 4.78 is 27.5. The van der Waals surface area contributed by atoms with Gasteiger partial charge in [0, 0.05) is 24.1 Å². The molecule has 1 aromatic heterocycles. The number of aromatic nitrogens is 2. The van der Waals surface area contributed by atoms with E-state index in [1.807, 2.05) is 6.07 Å². The fourth-order valence-electron chi connectivity index (χ4n) is 3.10. The molecule has 0 atom stereocenters. The number of carbonyl (C=O) groups is 1. The second-order valence-electron chi connectivity index (χ2n) is 8.31. The highest BCUT2D eigenvalue weighted by molar-refractivity contribution is 7.89. The van der Waals surface area contributed by atoms with Gasteiger partial charge in [0.2, 0.25) is 15.9 Å². The molecule has 2 aromatic carbocycles. The zero-order valence-electron chi connectivity index (χ0n) is 17.7. The Bertz CT molecular complexity index is 1260. The lowest BCUT2D eigenvalue weighted by Gasteiger charge is -2.20. The zero-order chi connectivity index (χ0) is 22.6. The normalized spacial score (nSPS) is 12.1. The zero-order valence-corrected chi connectivity index (χ0v) is 18.5. The van der Waals surface area contributed by atoms with Gasteiger partial charge in [0.1, 0.15) is 5.82 Å². The number of aromatic amines is 1. The molecule has 31 heavy (non-hydrogen) atoms. The van der Waals surface area contributed by atoms with E-state index in [9.17, 15) is 18.0 Å². The third kappa shape index (κ3) is 6.22. The average Bonchev–Trinajstić information content (AvgIpc) is 2.66. The molecule has 0 bridgehead atoms. The first-order valence-corrected chi connectivity index (χ1v) is 11.4. The van der Waals surface area contributed by atoms with E-state index in [0.29, 0.717) is 35.3 Å². The maximum absolute atomic E-state index is 12.5. The third-order valence-electron chi connectivity index (χ3n) is 4.35. The van der Waals surface area contributed by atoms with Gasteiger partial charge < -0.3 is 10.3 Å². The average molecular weight is 443 g/mol. The summed E-state index contributed by atoms with van der Waals surface area (Å²) in [6.45, 7) is 5.27. The van der Waals surface area contributed by atoms with Gasteiger partial charge in [0.05, 0.1) is 15.8 Å². The van der Waals surface area contributed by atoms with Crippen molar-refractivity contribution in [3.63, 3.8) is 0 Å². The lowest BCUT2D eigenvalue weighted by molar-refractivity contribution is -0.116. The van der Waals surface area contributed by atoms with Crippen LogP contribution in [-0.4, -0.2) is 29.8 Å². The van der Waals surface area contributed by atoms with Crippen LogP contribution in [0.15, 0.2) is 58.2 Å². The molecule has 0 radical (unpaired) electrons. The molecular weight excluding hydrogens is 416 g/mol. The van der Waals surface area contributed by atoms with Gasteiger partial charge in [-0.15, -0.1) is 0 Å². The monoisotopic (exact) mass is 442 g/mol. The molecule has 3 aromatic rings. The number of amides is 1. The Kier molecular flexibility index (Phi) is 6.56. The van der Waals surface area contributed by atoms with E-state index in [4.69, 9.17) is 0 Å². The smallest absolute Gasteiger partial charge is 0.258 e. The Balaban J connectivity index is 1.60. The van der Waals surface area contributed by atoms with E-state index >= 15 is 0 Å². The van der Waals surface area contributed by atoms with Crippen LogP contribution < -0.4 is 15.6 Å². The summed E-state index contributed by atoms with van der Waals surface area (Å²) in [5.41, 5.74) is 0.203. The van der Waals surface area contributed by atoms with E-state index < -0.39 is 15.6 Å². The van der Waals surface area contributed by atoms with Gasteiger partial charge in [0.25, 0.3) is 5.56 Å². The molecule has 3 rings (SSSR count). The molecule has 0 spiro atoms. The Morgan fingerprint density at radius 3 is 2.58 bits per heavy atom. The lowest BCUT2D eigenvalue weighted by Crippen LogP contribution is -2.40. The maximum Gasteiger partial charge on any atom is 0.258 e. The Hall–Kier alpha value is -3.04. The van der Waals surface area contributed by atoms with Gasteiger partial charge in [-0.05, 0) is 57.5 Å². The molecular formula is C22H26N4O4S. The van der Waals surface area contributed by atoms with Crippen LogP contribution in [0.2, 0.25) is 0 Å². The van der Waals surface area contributed by atoms with Gasteiger partial charge in [-0.3, -0.25) is 9.59 Å². The first-order valence-electron chi connectivity index (χ1n) is 9.95. The van der Waals surface area contributed by atoms with Crippen molar-refractivity contribution in [2.24, 2.45) is 0 Å². The molecule has 1 heterocycles. The standard InChI is InChI=1S/C22H26N4O4S/c1-22(2,3)26-31(29,30)16-9-6-8-15(14-16)23-20(27)13-7-12-19-24-18-11-5-4-10-17(18)21(28)25-19/h4-6,8-11,14,26H,7,12-13H2,1-3H3,(H,23,27)(H,24,25,28). The molecule has 0 aliphatic heterocycles. The minimum atomic E-state index is -3.69. The van der Waals surface area contributed by atoms with Crippen molar-refractivity contribution in [3.8, 4) is 0 Å². The van der Waals surface area contributed by atoms with Crippen molar-refractivity contribution < 1.29 is 13.2 Å². The molecule has 8 nitrogen and oxygen atoms in total. The third-order valence-corrected chi connectivity index (χ3v) is 6.10. The van der Waals surface area contributed by atoms with E-state index in [0.717, 1.165) is 0 Å². The molecule has 3 N–H and O–H groups in total. The van der Waals surface area contributed by atoms with Crippen LogP contribution in [-0.2, 0) is 21.2 Å². The quantitative estimate of drug-likeness (QED) is 0.519. The number of H-pyrrole nitrogens is 1. The summed E-state index contributed by atoms with van der Waals surface area (Å²) in [5, 5.41) is 3.25. The molecule has 0 unspecified atom stereocenters. The summed E-state index contributed by atoms with van der Waals surface area (Å²) in [6, 6.07) is 13.2. The summed E-state index contributed by atoms with van der Waals surface area (Å²) in [7, 11) is -3.69. The molecule has 0 aliphatic carbocycles. The number of nitrogens with one attached hydrogen (secondary N) is 3. The highest BCUT2D eigenvalue weighted by Gasteiger charge is 2.22. The van der Waals surface area contributed by atoms with Crippen LogP contribution in [0.25, 0.3) is 10.9 Å². The van der Waals surface area contributed by atoms with Gasteiger partial charge in [-0.25, -0.2) is 18.1 Å². The predicted octanol–water partition coefficient (Wildman–Crippen LogP) is 2.96. The van der Waals surface area contributed by atoms with E-state index in [2.05, 4.69) is 20.0 Å². The number of hydrogen-bond acceptors (Lipinski definition) is 5. The van der Waals surface area contributed by atoms with Crippen LogP contribution in [0, 0.1) is 0 Å². The first kappa shape index (κ1) is 22.6. The second-order valence-corrected chi connectivity index (χ2v) is 10.00. The highest BCUT2D eigenvalue weighted by Crippen LogP contribution is 2.18. The van der Waals surface area contributed by atoms with Crippen LogP contribution in [0.1, 0.15) is 39.4 Å². The number of nitrogens with zero attached hydrogens (tertiary/aromatic N) is 1. The summed E-state index contributed by atoms with van der Waals surface area (Å²) >= 11 is 0. The Labute approximate surface area is 181 Å². The number of anilines is 1. The number of benzene rings is 2. The van der Waals surface area contributed by atoms with Crippen molar-refractivity contribution in [1.29, 1.82) is 0 Å². The maximum atomic E-state index is 12.5. The number of fused-ring (bicyclic) bond motifs is 1. The van der Waals surface area contributed by atoms with E-state index in [1.165, 1.54) is 12.1 Å². The van der Waals surface area contributed by atoms with Crippen molar-refractivity contribution >= 4 is 32.5 Å². The van der Waals surface area contributed by atoms with E-state index in [-0.39, 0.29) is 22.8 Å². The number of hydrogen-bond donors (Lipinski definition) is 3. The Morgan fingerprint density at radius 2 is 1.84 bits per heavy atom. The molecule has 0 saturated carbocycles. The minimum Gasteiger partial charge on any atom is -0.326 e. The van der Waals surface area contributed by atoms with Crippen LogP contribution in [0.3, 0.4) is 0 Å². The number of sulfonamides is 1. The highest BCUT2D eigenvalue weighted by atomic mass is 32.2. The van der Waals surface area contributed by atoms with Gasteiger partial charge in [-0.2, -0.15) is 0 Å². The SMILES string of the molecule is CC(C)(C)NS(=O)(=O)c1cccc(NC(=O)CCCc2nc3ccccc3c(=O)[nH]2)c1. The first-order chi connectivity index (χ1) is 14.5. The molecule has 0 fully saturated rings. The van der Waals surface area contributed by atoms with Crippen LogP contribution >= 0.6 is 0 Å². The minimum absolute atomic E-state index is 0.0816. The fourth-order valence-corrected chi connectivity index (χ4v) is 4.56. The van der Waals surface area contributed by atoms with Gasteiger partial charge >= 0.3 is 0 Å². The molecule has 0 saturated heterocycles. The molecule has 9 heteroatoms. The fraction of sp³-hybridized carbons (Fsp3) is 0.318. The van der Waals surface area contributed by atoms with Crippen molar-refractivity contribution in [2.45, 2.75) is 50.5 Å². The molecule has 164 valence electrons. The Morgan fingerprint density at radius 1 is 1.10 bits per heavy atom. The summed E-state index contributed by atoms with van der Waals surface area (Å²) in [5.74, 6) is 0.277. The van der Waals surface area contributed by atoms with Crippen molar-refractivity contribution in [2.75, 3.05) is 5.32 Å². The summed E-state index contributed by atoms with van der Waals surface area (Å²) in [4.78, 5) is 31.7. The van der Waals surface area contributed by atoms with Gasteiger partial charge in [0.15, 0.2) is 0 Å². The van der Waals surface area contributed by atoms with Crippen LogP contribution in [0.5, 0.6) is 0 Å². The number of para-hydroxylation sites is 1. The number of carbonyl (C=O) groups excluding carboxylic acids is 1. The second kappa shape index (κ2) is 8.99. The van der Waals surface area contributed by atoms with Gasteiger partial charge in [-0.1, -0.05) is 18.2 Å². The molecule has 0 aliphatic rings. The number of rotatable bonds is 7. The van der Waals surface area contributed by atoms with Crippen molar-refractivity contribution in [1.82, 2.24) is 14.7 Å². The number of aryl methyl sites for hydroxylation is 1. The summed E-state index contributed by atoms with van der Waals surface area (Å²) in [6.07, 6.45) is 1.13. The van der Waals surface area contributed by atoms with E-state index in [1.54, 1.807) is 51.1 Å².